The van der Waals surface area contributed by atoms with Gasteiger partial charge in [-0.3, -0.25) is 9.20 Å². The van der Waals surface area contributed by atoms with E-state index in [4.69, 9.17) is 9.72 Å². The molecular weight excluding hydrogens is 406 g/mol. The van der Waals surface area contributed by atoms with Gasteiger partial charge in [0.2, 0.25) is 0 Å². The fourth-order valence-electron chi connectivity index (χ4n) is 3.61. The predicted molar refractivity (Wildman–Crippen MR) is 126 cm³/mol. The number of hydrogen-bond donors (Lipinski definition) is 1. The molecule has 0 spiro atoms. The molecule has 5 nitrogen and oxygen atoms in total. The first kappa shape index (κ1) is 19.3. The molecule has 0 aliphatic carbocycles. The van der Waals surface area contributed by atoms with Crippen LogP contribution in [0.25, 0.3) is 26.4 Å². The van der Waals surface area contributed by atoms with Crippen LogP contribution in [-0.4, -0.2) is 22.4 Å². The lowest BCUT2D eigenvalue weighted by Gasteiger charge is -2.09. The van der Waals surface area contributed by atoms with E-state index in [9.17, 15) is 4.79 Å². The van der Waals surface area contributed by atoms with Crippen LogP contribution in [-0.2, 0) is 0 Å². The molecular formula is C25H21N3O2S. The number of hydrogen-bond acceptors (Lipinski definition) is 4. The number of anilines is 1. The Balaban J connectivity index is 1.46. The molecule has 0 atom stereocenters. The highest BCUT2D eigenvalue weighted by atomic mass is 32.1. The summed E-state index contributed by atoms with van der Waals surface area (Å²) >= 11 is 1.58. The van der Waals surface area contributed by atoms with Crippen molar-refractivity contribution in [3.63, 3.8) is 0 Å². The van der Waals surface area contributed by atoms with Crippen molar-refractivity contribution in [3.05, 3.63) is 83.6 Å². The second kappa shape index (κ2) is 7.56. The molecule has 0 saturated heterocycles. The van der Waals surface area contributed by atoms with E-state index in [2.05, 4.69) is 9.72 Å². The van der Waals surface area contributed by atoms with Gasteiger partial charge in [0.1, 0.15) is 5.75 Å². The summed E-state index contributed by atoms with van der Waals surface area (Å²) in [4.78, 5) is 18.5. The number of amides is 1. The third kappa shape index (κ3) is 3.55. The largest absolute Gasteiger partial charge is 0.497 e. The van der Waals surface area contributed by atoms with Crippen LogP contribution in [0.15, 0.2) is 66.9 Å². The Labute approximate surface area is 183 Å². The monoisotopic (exact) mass is 427 g/mol. The summed E-state index contributed by atoms with van der Waals surface area (Å²) in [7, 11) is 1.66. The zero-order valence-corrected chi connectivity index (χ0v) is 18.3. The minimum Gasteiger partial charge on any atom is -0.497 e. The zero-order valence-electron chi connectivity index (χ0n) is 17.5. The number of imidazole rings is 1. The Kier molecular flexibility index (Phi) is 4.71. The highest BCUT2D eigenvalue weighted by Gasteiger charge is 2.14. The summed E-state index contributed by atoms with van der Waals surface area (Å²) in [5.41, 5.74) is 6.62. The number of aryl methyl sites for hydroxylation is 2. The average molecular weight is 428 g/mol. The van der Waals surface area contributed by atoms with Crippen molar-refractivity contribution in [2.45, 2.75) is 13.8 Å². The van der Waals surface area contributed by atoms with Crippen molar-refractivity contribution in [1.29, 1.82) is 0 Å². The number of carbonyl (C=O) groups is 1. The second-order valence-corrected chi connectivity index (χ2v) is 8.57. The number of carbonyl (C=O) groups excluding carboxylic acids is 1. The number of benzene rings is 3. The predicted octanol–water partition coefficient (Wildman–Crippen LogP) is 6.09. The molecule has 0 bridgehead atoms. The summed E-state index contributed by atoms with van der Waals surface area (Å²) in [6.07, 6.45) is 2.03. The van der Waals surface area contributed by atoms with E-state index in [0.717, 1.165) is 49.0 Å². The number of nitrogens with zero attached hydrogens (tertiary/aromatic N) is 2. The number of aromatic nitrogens is 2. The normalized spacial score (nSPS) is 11.2. The third-order valence-corrected chi connectivity index (χ3v) is 6.40. The molecule has 2 aromatic heterocycles. The zero-order chi connectivity index (χ0) is 21.5. The maximum absolute atomic E-state index is 12.8. The van der Waals surface area contributed by atoms with Gasteiger partial charge in [0.05, 0.1) is 23.0 Å². The first-order chi connectivity index (χ1) is 15.0. The van der Waals surface area contributed by atoms with E-state index in [-0.39, 0.29) is 5.91 Å². The molecule has 0 fully saturated rings. The number of nitrogens with one attached hydrogen (secondary N) is 1. The highest BCUT2D eigenvalue weighted by molar-refractivity contribution is 7.23. The van der Waals surface area contributed by atoms with E-state index in [0.29, 0.717) is 5.56 Å². The van der Waals surface area contributed by atoms with Gasteiger partial charge in [0, 0.05) is 23.0 Å². The molecule has 3 aromatic carbocycles. The van der Waals surface area contributed by atoms with Crippen molar-refractivity contribution in [2.75, 3.05) is 12.4 Å². The van der Waals surface area contributed by atoms with Gasteiger partial charge in [-0.15, -0.1) is 0 Å². The third-order valence-electron chi connectivity index (χ3n) is 5.38. The SMILES string of the molecule is COc1ccc(-c2cn3c(n2)sc2cc(C(=O)Nc4cc(C)ccc4C)ccc23)cc1. The fraction of sp³-hybridized carbons (Fsp3) is 0.120. The lowest BCUT2D eigenvalue weighted by Crippen LogP contribution is -2.12. The maximum atomic E-state index is 12.8. The van der Waals surface area contributed by atoms with Gasteiger partial charge in [-0.05, 0) is 73.5 Å². The van der Waals surface area contributed by atoms with Gasteiger partial charge in [0.25, 0.3) is 5.91 Å². The van der Waals surface area contributed by atoms with Crippen molar-refractivity contribution < 1.29 is 9.53 Å². The van der Waals surface area contributed by atoms with E-state index < -0.39 is 0 Å². The van der Waals surface area contributed by atoms with Crippen molar-refractivity contribution >= 4 is 38.1 Å². The van der Waals surface area contributed by atoms with E-state index >= 15 is 0 Å². The lowest BCUT2D eigenvalue weighted by atomic mass is 10.1. The average Bonchev–Trinajstić information content (AvgIpc) is 3.34. The van der Waals surface area contributed by atoms with Gasteiger partial charge in [0.15, 0.2) is 4.96 Å². The minimum atomic E-state index is -0.111. The summed E-state index contributed by atoms with van der Waals surface area (Å²) in [5.74, 6) is 0.711. The molecule has 1 N–H and O–H groups in total. The van der Waals surface area contributed by atoms with Crippen LogP contribution >= 0.6 is 11.3 Å². The summed E-state index contributed by atoms with van der Waals surface area (Å²) in [5, 5.41) is 3.03. The van der Waals surface area contributed by atoms with Gasteiger partial charge < -0.3 is 10.1 Å². The summed E-state index contributed by atoms with van der Waals surface area (Å²) in [6.45, 7) is 4.01. The molecule has 5 rings (SSSR count). The van der Waals surface area contributed by atoms with Gasteiger partial charge in [-0.2, -0.15) is 0 Å². The lowest BCUT2D eigenvalue weighted by molar-refractivity contribution is 0.102. The van der Waals surface area contributed by atoms with Crippen LogP contribution in [0.1, 0.15) is 21.5 Å². The Morgan fingerprint density at radius 3 is 2.61 bits per heavy atom. The van der Waals surface area contributed by atoms with E-state index in [1.54, 1.807) is 18.4 Å². The van der Waals surface area contributed by atoms with Crippen molar-refractivity contribution in [2.24, 2.45) is 0 Å². The van der Waals surface area contributed by atoms with Crippen LogP contribution in [0.5, 0.6) is 5.75 Å². The van der Waals surface area contributed by atoms with Crippen LogP contribution in [0.2, 0.25) is 0 Å². The first-order valence-corrected chi connectivity index (χ1v) is 10.8. The Morgan fingerprint density at radius 2 is 1.84 bits per heavy atom. The first-order valence-electron chi connectivity index (χ1n) is 9.96. The molecule has 0 unspecified atom stereocenters. The Bertz CT molecular complexity index is 1430. The van der Waals surface area contributed by atoms with Crippen LogP contribution in [0.3, 0.4) is 0 Å². The van der Waals surface area contributed by atoms with Crippen molar-refractivity contribution in [1.82, 2.24) is 9.38 Å². The fourth-order valence-corrected chi connectivity index (χ4v) is 4.66. The topological polar surface area (TPSA) is 55.6 Å². The molecule has 0 radical (unpaired) electrons. The molecule has 6 heteroatoms. The number of fused-ring (bicyclic) bond motifs is 3. The van der Waals surface area contributed by atoms with Crippen molar-refractivity contribution in [3.8, 4) is 17.0 Å². The molecule has 2 heterocycles. The molecule has 0 saturated carbocycles. The Morgan fingerprint density at radius 1 is 1.03 bits per heavy atom. The standard InChI is InChI=1S/C25H21N3O2S/c1-15-4-5-16(2)20(12-15)26-24(29)18-8-11-22-23(13-18)31-25-27-21(14-28(22)25)17-6-9-19(30-3)10-7-17/h4-14H,1-3H3,(H,26,29). The minimum absolute atomic E-state index is 0.111. The van der Waals surface area contributed by atoms with Crippen LogP contribution < -0.4 is 10.1 Å². The molecule has 0 aliphatic rings. The van der Waals surface area contributed by atoms with Gasteiger partial charge in [-0.1, -0.05) is 23.5 Å². The molecule has 154 valence electrons. The molecule has 31 heavy (non-hydrogen) atoms. The number of rotatable bonds is 4. The van der Waals surface area contributed by atoms with Crippen LogP contribution in [0, 0.1) is 13.8 Å². The quantitative estimate of drug-likeness (QED) is 0.377. The molecule has 0 aliphatic heterocycles. The van der Waals surface area contributed by atoms with E-state index in [1.165, 1.54) is 0 Å². The van der Waals surface area contributed by atoms with Gasteiger partial charge in [-0.25, -0.2) is 4.98 Å². The maximum Gasteiger partial charge on any atom is 0.255 e. The highest BCUT2D eigenvalue weighted by Crippen LogP contribution is 2.31. The van der Waals surface area contributed by atoms with E-state index in [1.807, 2.05) is 80.7 Å². The summed E-state index contributed by atoms with van der Waals surface area (Å²) in [6, 6.07) is 19.7. The molecule has 5 aromatic rings. The summed E-state index contributed by atoms with van der Waals surface area (Å²) < 4.78 is 8.33. The Hall–Kier alpha value is -3.64. The number of thiazole rings is 1. The second-order valence-electron chi connectivity index (χ2n) is 7.56. The smallest absolute Gasteiger partial charge is 0.255 e. The molecule has 1 amide bonds. The number of methoxy groups -OCH3 is 1. The van der Waals surface area contributed by atoms with Crippen LogP contribution in [0.4, 0.5) is 5.69 Å². The van der Waals surface area contributed by atoms with Gasteiger partial charge >= 0.3 is 0 Å². The number of ether oxygens (including phenoxy) is 1.